The van der Waals surface area contributed by atoms with Crippen LogP contribution in [-0.2, 0) is 6.54 Å². The van der Waals surface area contributed by atoms with Gasteiger partial charge in [-0.1, -0.05) is 18.3 Å². The van der Waals surface area contributed by atoms with Gasteiger partial charge in [0, 0.05) is 30.2 Å². The number of nitrogens with zero attached hydrogens (tertiary/aromatic N) is 3. The van der Waals surface area contributed by atoms with Gasteiger partial charge in [0.05, 0.1) is 0 Å². The molecule has 0 fully saturated rings. The molecule has 1 rings (SSSR count). The van der Waals surface area contributed by atoms with Crippen molar-refractivity contribution in [2.45, 2.75) is 26.4 Å². The van der Waals surface area contributed by atoms with E-state index >= 15 is 0 Å². The molecule has 17 heavy (non-hydrogen) atoms. The molecule has 0 bridgehead atoms. The normalized spacial score (nSPS) is 13.4. The van der Waals surface area contributed by atoms with Crippen LogP contribution in [0.4, 0.5) is 5.13 Å². The number of aromatic nitrogens is 1. The number of hydrazine groups is 1. The fraction of sp³-hybridized carbons (Fsp3) is 0.727. The van der Waals surface area contributed by atoms with E-state index in [1.54, 1.807) is 11.3 Å². The highest BCUT2D eigenvalue weighted by atomic mass is 32.1. The van der Waals surface area contributed by atoms with E-state index in [0.717, 1.165) is 24.8 Å². The van der Waals surface area contributed by atoms with Gasteiger partial charge in [-0.05, 0) is 27.6 Å². The maximum absolute atomic E-state index is 5.33. The molecule has 0 saturated heterocycles. The Morgan fingerprint density at radius 1 is 1.53 bits per heavy atom. The molecule has 98 valence electrons. The summed E-state index contributed by atoms with van der Waals surface area (Å²) >= 11 is 1.61. The van der Waals surface area contributed by atoms with Gasteiger partial charge >= 0.3 is 0 Å². The number of hydrogen-bond acceptors (Lipinski definition) is 6. The second-order valence-electron chi connectivity index (χ2n) is 4.45. The van der Waals surface area contributed by atoms with Gasteiger partial charge in [-0.2, -0.15) is 0 Å². The summed E-state index contributed by atoms with van der Waals surface area (Å²) in [4.78, 5) is 10.1. The topological polar surface area (TPSA) is 57.4 Å². The van der Waals surface area contributed by atoms with E-state index in [-0.39, 0.29) is 0 Å². The second kappa shape index (κ2) is 6.90. The maximum atomic E-state index is 5.33. The molecule has 1 unspecified atom stereocenters. The van der Waals surface area contributed by atoms with Crippen LogP contribution in [0.3, 0.4) is 0 Å². The molecule has 1 aromatic heterocycles. The number of hydrogen-bond donors (Lipinski definition) is 2. The standard InChI is InChI=1S/C11H23N5S/c1-5-16(9(2)7-15(3)4)8-10-6-13-11(14-12)17-10/h6,9H,5,7-8,12H2,1-4H3,(H,13,14). The summed E-state index contributed by atoms with van der Waals surface area (Å²) < 4.78 is 0. The molecule has 1 atom stereocenters. The lowest BCUT2D eigenvalue weighted by atomic mass is 10.2. The van der Waals surface area contributed by atoms with Gasteiger partial charge in [0.15, 0.2) is 5.13 Å². The third-order valence-corrected chi connectivity index (χ3v) is 3.61. The Hall–Kier alpha value is -0.690. The number of nitrogens with two attached hydrogens (primary N) is 1. The summed E-state index contributed by atoms with van der Waals surface area (Å²) in [6.07, 6.45) is 1.89. The van der Waals surface area contributed by atoms with Crippen molar-refractivity contribution in [2.75, 3.05) is 32.6 Å². The monoisotopic (exact) mass is 257 g/mol. The van der Waals surface area contributed by atoms with E-state index in [2.05, 4.69) is 48.2 Å². The number of likely N-dealkylation sites (N-methyl/N-ethyl adjacent to an activating group) is 2. The van der Waals surface area contributed by atoms with E-state index in [9.17, 15) is 0 Å². The highest BCUT2D eigenvalue weighted by Crippen LogP contribution is 2.19. The quantitative estimate of drug-likeness (QED) is 0.568. The fourth-order valence-corrected chi connectivity index (χ4v) is 2.62. The SMILES string of the molecule is CCN(Cc1cnc(NN)s1)C(C)CN(C)C. The Balaban J connectivity index is 2.56. The molecule has 0 aliphatic carbocycles. The van der Waals surface area contributed by atoms with Gasteiger partial charge in [-0.25, -0.2) is 10.8 Å². The van der Waals surface area contributed by atoms with Gasteiger partial charge in [-0.15, -0.1) is 0 Å². The third-order valence-electron chi connectivity index (χ3n) is 2.69. The minimum Gasteiger partial charge on any atom is -0.308 e. The molecule has 0 amide bonds. The molecule has 0 saturated carbocycles. The highest BCUT2D eigenvalue weighted by molar-refractivity contribution is 7.15. The van der Waals surface area contributed by atoms with E-state index < -0.39 is 0 Å². The fourth-order valence-electron chi connectivity index (χ4n) is 1.87. The van der Waals surface area contributed by atoms with Crippen LogP contribution in [0.1, 0.15) is 18.7 Å². The Bertz CT molecular complexity index is 325. The zero-order chi connectivity index (χ0) is 12.8. The van der Waals surface area contributed by atoms with Crippen LogP contribution >= 0.6 is 11.3 Å². The first kappa shape index (κ1) is 14.4. The van der Waals surface area contributed by atoms with Crippen LogP contribution < -0.4 is 11.3 Å². The molecule has 0 aliphatic rings. The summed E-state index contributed by atoms with van der Waals surface area (Å²) in [6, 6.07) is 0.534. The first-order valence-corrected chi connectivity index (χ1v) is 6.68. The molecule has 3 N–H and O–H groups in total. The van der Waals surface area contributed by atoms with Crippen molar-refractivity contribution in [1.29, 1.82) is 0 Å². The summed E-state index contributed by atoms with van der Waals surface area (Å²) in [6.45, 7) is 7.49. The molecular formula is C11H23N5S. The lowest BCUT2D eigenvalue weighted by molar-refractivity contribution is 0.175. The van der Waals surface area contributed by atoms with Crippen LogP contribution in [0.5, 0.6) is 0 Å². The van der Waals surface area contributed by atoms with Gasteiger partial charge in [0.1, 0.15) is 0 Å². The maximum Gasteiger partial charge on any atom is 0.197 e. The average molecular weight is 257 g/mol. The lowest BCUT2D eigenvalue weighted by Gasteiger charge is -2.29. The number of anilines is 1. The van der Waals surface area contributed by atoms with Crippen molar-refractivity contribution in [2.24, 2.45) is 5.84 Å². The van der Waals surface area contributed by atoms with Crippen molar-refractivity contribution in [1.82, 2.24) is 14.8 Å². The molecule has 1 heterocycles. The first-order chi connectivity index (χ1) is 8.06. The predicted octanol–water partition coefficient (Wildman–Crippen LogP) is 1.20. The Morgan fingerprint density at radius 3 is 2.71 bits per heavy atom. The van der Waals surface area contributed by atoms with Gasteiger partial charge < -0.3 is 4.90 Å². The lowest BCUT2D eigenvalue weighted by Crippen LogP contribution is -2.39. The highest BCUT2D eigenvalue weighted by Gasteiger charge is 2.14. The van der Waals surface area contributed by atoms with Crippen molar-refractivity contribution < 1.29 is 0 Å². The minimum atomic E-state index is 0.534. The molecule has 0 aromatic carbocycles. The van der Waals surface area contributed by atoms with Crippen LogP contribution in [0.15, 0.2) is 6.20 Å². The van der Waals surface area contributed by atoms with Crippen molar-refractivity contribution >= 4 is 16.5 Å². The van der Waals surface area contributed by atoms with Crippen molar-refractivity contribution in [3.8, 4) is 0 Å². The van der Waals surface area contributed by atoms with E-state index in [4.69, 9.17) is 5.84 Å². The van der Waals surface area contributed by atoms with Gasteiger partial charge in [-0.3, -0.25) is 10.3 Å². The van der Waals surface area contributed by atoms with Gasteiger partial charge in [0.2, 0.25) is 0 Å². The van der Waals surface area contributed by atoms with Crippen LogP contribution in [0, 0.1) is 0 Å². The molecule has 1 aromatic rings. The van der Waals surface area contributed by atoms with E-state index in [1.807, 2.05) is 6.20 Å². The molecule has 0 spiro atoms. The summed E-state index contributed by atoms with van der Waals surface area (Å²) in [5.41, 5.74) is 2.58. The van der Waals surface area contributed by atoms with Crippen LogP contribution in [0.2, 0.25) is 0 Å². The average Bonchev–Trinajstić information content (AvgIpc) is 2.72. The molecular weight excluding hydrogens is 234 g/mol. The molecule has 0 radical (unpaired) electrons. The van der Waals surface area contributed by atoms with Gasteiger partial charge in [0.25, 0.3) is 0 Å². The number of rotatable bonds is 7. The molecule has 5 nitrogen and oxygen atoms in total. The van der Waals surface area contributed by atoms with E-state index in [0.29, 0.717) is 6.04 Å². The zero-order valence-corrected chi connectivity index (χ0v) is 11.9. The second-order valence-corrected chi connectivity index (χ2v) is 5.57. The number of nitrogen functional groups attached to an aromatic ring is 1. The molecule has 0 aliphatic heterocycles. The molecule has 6 heteroatoms. The van der Waals surface area contributed by atoms with Crippen LogP contribution in [-0.4, -0.2) is 48.0 Å². The number of nitrogens with one attached hydrogen (secondary N) is 1. The summed E-state index contributed by atoms with van der Waals surface area (Å²) in [5, 5.41) is 0.774. The largest absolute Gasteiger partial charge is 0.308 e. The van der Waals surface area contributed by atoms with Crippen molar-refractivity contribution in [3.63, 3.8) is 0 Å². The van der Waals surface area contributed by atoms with Crippen LogP contribution in [0.25, 0.3) is 0 Å². The Labute approximate surface area is 108 Å². The zero-order valence-electron chi connectivity index (χ0n) is 11.1. The van der Waals surface area contributed by atoms with E-state index in [1.165, 1.54) is 4.88 Å². The summed E-state index contributed by atoms with van der Waals surface area (Å²) in [5.74, 6) is 5.33. The van der Waals surface area contributed by atoms with Crippen molar-refractivity contribution in [3.05, 3.63) is 11.1 Å². The first-order valence-electron chi connectivity index (χ1n) is 5.86. The Morgan fingerprint density at radius 2 is 2.24 bits per heavy atom. The predicted molar refractivity (Wildman–Crippen MR) is 74.0 cm³/mol. The summed E-state index contributed by atoms with van der Waals surface area (Å²) in [7, 11) is 4.21. The minimum absolute atomic E-state index is 0.534. The Kier molecular flexibility index (Phi) is 5.84. The third kappa shape index (κ3) is 4.59. The smallest absolute Gasteiger partial charge is 0.197 e. The number of thiazole rings is 1.